The van der Waals surface area contributed by atoms with Gasteiger partial charge in [0, 0.05) is 10.0 Å². The van der Waals surface area contributed by atoms with E-state index in [2.05, 4.69) is 31.5 Å². The van der Waals surface area contributed by atoms with Gasteiger partial charge in [-0.25, -0.2) is 0 Å². The van der Waals surface area contributed by atoms with E-state index < -0.39 is 0 Å². The molecule has 0 amide bonds. The largest absolute Gasteiger partial charge is 0.409 e. The molecule has 0 spiro atoms. The number of aromatic nitrogens is 4. The van der Waals surface area contributed by atoms with Crippen LogP contribution in [0.2, 0.25) is 0 Å². The first-order valence-corrected chi connectivity index (χ1v) is 4.30. The number of nitrogens with zero attached hydrogens (tertiary/aromatic N) is 4. The molecule has 0 bridgehead atoms. The first-order valence-electron chi connectivity index (χ1n) is 3.51. The third kappa shape index (κ3) is 1.52. The number of benzene rings is 1. The fourth-order valence-corrected chi connectivity index (χ4v) is 1.38. The molecule has 0 saturated heterocycles. The fourth-order valence-electron chi connectivity index (χ4n) is 0.983. The Morgan fingerprint density at radius 3 is 2.85 bits per heavy atom. The van der Waals surface area contributed by atoms with E-state index in [1.807, 2.05) is 24.3 Å². The Balaban J connectivity index is 2.53. The second-order valence-corrected chi connectivity index (χ2v) is 3.32. The summed E-state index contributed by atoms with van der Waals surface area (Å²) in [6.07, 6.45) is 0. The first kappa shape index (κ1) is 8.18. The maximum absolute atomic E-state index is 9.16. The lowest BCUT2D eigenvalue weighted by Crippen LogP contribution is -1.95. The number of rotatable bonds is 1. The fraction of sp³-hybridized carbons (Fsp3) is 0. The Kier molecular flexibility index (Phi) is 1.97. The third-order valence-corrected chi connectivity index (χ3v) is 2.03. The summed E-state index contributed by atoms with van der Waals surface area (Å²) in [6.45, 7) is 0. The van der Waals surface area contributed by atoms with Gasteiger partial charge in [0.15, 0.2) is 0 Å². The van der Waals surface area contributed by atoms with Gasteiger partial charge in [-0.1, -0.05) is 32.9 Å². The minimum absolute atomic E-state index is 0.321. The van der Waals surface area contributed by atoms with Crippen LogP contribution in [0.3, 0.4) is 0 Å². The lowest BCUT2D eigenvalue weighted by molar-refractivity contribution is 0.147. The standard InChI is InChI=1S/C7H5BrN4O/c8-6-3-1-2-5(4-6)7-9-10-11-12(7)13/h1-4,13H. The summed E-state index contributed by atoms with van der Waals surface area (Å²) in [4.78, 5) is 0.641. The maximum Gasteiger partial charge on any atom is 0.222 e. The zero-order valence-corrected chi connectivity index (χ0v) is 8.01. The van der Waals surface area contributed by atoms with Crippen molar-refractivity contribution >= 4 is 15.9 Å². The van der Waals surface area contributed by atoms with Crippen LogP contribution in [0.5, 0.6) is 0 Å². The number of hydrogen-bond acceptors (Lipinski definition) is 4. The Morgan fingerprint density at radius 2 is 2.23 bits per heavy atom. The van der Waals surface area contributed by atoms with Crippen molar-refractivity contribution in [2.45, 2.75) is 0 Å². The molecule has 6 heteroatoms. The predicted octanol–water partition coefficient (Wildman–Crippen LogP) is 1.34. The highest BCUT2D eigenvalue weighted by molar-refractivity contribution is 9.10. The Hall–Kier alpha value is -1.43. The molecule has 0 aliphatic rings. The molecule has 0 aliphatic carbocycles. The molecule has 2 aromatic rings. The highest BCUT2D eigenvalue weighted by Crippen LogP contribution is 2.19. The van der Waals surface area contributed by atoms with Gasteiger partial charge in [-0.2, -0.15) is 0 Å². The summed E-state index contributed by atoms with van der Waals surface area (Å²) in [5.41, 5.74) is 0.752. The molecule has 0 fully saturated rings. The van der Waals surface area contributed by atoms with Gasteiger partial charge in [-0.15, -0.1) is 5.10 Å². The van der Waals surface area contributed by atoms with Crippen LogP contribution in [0.4, 0.5) is 0 Å². The van der Waals surface area contributed by atoms with E-state index >= 15 is 0 Å². The van der Waals surface area contributed by atoms with Crippen LogP contribution in [0.25, 0.3) is 11.4 Å². The average molecular weight is 241 g/mol. The van der Waals surface area contributed by atoms with E-state index in [9.17, 15) is 0 Å². The molecule has 1 N–H and O–H groups in total. The van der Waals surface area contributed by atoms with E-state index in [0.717, 1.165) is 10.0 Å². The molecule has 1 aromatic heterocycles. The van der Waals surface area contributed by atoms with Crippen molar-refractivity contribution in [1.29, 1.82) is 0 Å². The van der Waals surface area contributed by atoms with Gasteiger partial charge in [-0.05, 0) is 22.6 Å². The van der Waals surface area contributed by atoms with Gasteiger partial charge in [0.25, 0.3) is 0 Å². The topological polar surface area (TPSA) is 63.8 Å². The van der Waals surface area contributed by atoms with Gasteiger partial charge < -0.3 is 5.21 Å². The van der Waals surface area contributed by atoms with Crippen LogP contribution in [0, 0.1) is 0 Å². The maximum atomic E-state index is 9.16. The molecular formula is C7H5BrN4O. The molecule has 1 heterocycles. The van der Waals surface area contributed by atoms with Crippen molar-refractivity contribution in [3.63, 3.8) is 0 Å². The van der Waals surface area contributed by atoms with Crippen molar-refractivity contribution in [1.82, 2.24) is 20.4 Å². The lowest BCUT2D eigenvalue weighted by atomic mass is 10.2. The molecule has 5 nitrogen and oxygen atoms in total. The molecule has 0 aliphatic heterocycles. The van der Waals surface area contributed by atoms with E-state index in [0.29, 0.717) is 10.7 Å². The molecule has 0 atom stereocenters. The van der Waals surface area contributed by atoms with Crippen LogP contribution in [0.15, 0.2) is 28.7 Å². The van der Waals surface area contributed by atoms with E-state index in [1.165, 1.54) is 0 Å². The van der Waals surface area contributed by atoms with Gasteiger partial charge in [0.05, 0.1) is 0 Å². The summed E-state index contributed by atoms with van der Waals surface area (Å²) < 4.78 is 0.910. The number of halogens is 1. The van der Waals surface area contributed by atoms with Gasteiger partial charge >= 0.3 is 0 Å². The van der Waals surface area contributed by atoms with Gasteiger partial charge in [-0.3, -0.25) is 0 Å². The Morgan fingerprint density at radius 1 is 1.38 bits per heavy atom. The molecule has 66 valence electrons. The van der Waals surface area contributed by atoms with E-state index in [1.54, 1.807) is 0 Å². The molecule has 0 unspecified atom stereocenters. The minimum Gasteiger partial charge on any atom is -0.409 e. The van der Waals surface area contributed by atoms with Crippen LogP contribution in [0.1, 0.15) is 0 Å². The van der Waals surface area contributed by atoms with E-state index in [4.69, 9.17) is 5.21 Å². The van der Waals surface area contributed by atoms with Gasteiger partial charge in [0.1, 0.15) is 0 Å². The normalized spacial score (nSPS) is 10.2. The highest BCUT2D eigenvalue weighted by Gasteiger charge is 2.06. The molecule has 2 rings (SSSR count). The molecule has 0 radical (unpaired) electrons. The van der Waals surface area contributed by atoms with Crippen molar-refractivity contribution in [2.75, 3.05) is 0 Å². The zero-order valence-electron chi connectivity index (χ0n) is 6.42. The average Bonchev–Trinajstić information content (AvgIpc) is 2.51. The van der Waals surface area contributed by atoms with Crippen LogP contribution in [-0.2, 0) is 0 Å². The van der Waals surface area contributed by atoms with Crippen LogP contribution >= 0.6 is 15.9 Å². The second-order valence-electron chi connectivity index (χ2n) is 2.40. The van der Waals surface area contributed by atoms with Crippen LogP contribution in [-0.4, -0.2) is 25.6 Å². The summed E-state index contributed by atoms with van der Waals surface area (Å²) in [6, 6.07) is 7.35. The Labute approximate surface area is 82.1 Å². The van der Waals surface area contributed by atoms with Crippen molar-refractivity contribution in [3.8, 4) is 11.4 Å². The number of tetrazole rings is 1. The monoisotopic (exact) mass is 240 g/mol. The molecule has 13 heavy (non-hydrogen) atoms. The van der Waals surface area contributed by atoms with Crippen molar-refractivity contribution in [3.05, 3.63) is 28.7 Å². The lowest BCUT2D eigenvalue weighted by Gasteiger charge is -1.97. The molecular weight excluding hydrogens is 236 g/mol. The SMILES string of the molecule is On1nnnc1-c1cccc(Br)c1. The van der Waals surface area contributed by atoms with Crippen molar-refractivity contribution < 1.29 is 5.21 Å². The summed E-state index contributed by atoms with van der Waals surface area (Å²) in [5, 5.41) is 19.5. The molecule has 0 saturated carbocycles. The quantitative estimate of drug-likeness (QED) is 0.765. The minimum atomic E-state index is 0.321. The summed E-state index contributed by atoms with van der Waals surface area (Å²) in [7, 11) is 0. The smallest absolute Gasteiger partial charge is 0.222 e. The molecule has 1 aromatic carbocycles. The van der Waals surface area contributed by atoms with Crippen molar-refractivity contribution in [2.24, 2.45) is 0 Å². The zero-order chi connectivity index (χ0) is 9.26. The summed E-state index contributed by atoms with van der Waals surface area (Å²) >= 11 is 3.31. The highest BCUT2D eigenvalue weighted by atomic mass is 79.9. The second kappa shape index (κ2) is 3.14. The number of hydrogen-bond donors (Lipinski definition) is 1. The van der Waals surface area contributed by atoms with Crippen LogP contribution < -0.4 is 0 Å². The first-order chi connectivity index (χ1) is 6.27. The van der Waals surface area contributed by atoms with Gasteiger partial charge in [0.2, 0.25) is 5.82 Å². The third-order valence-electron chi connectivity index (χ3n) is 1.54. The predicted molar refractivity (Wildman–Crippen MR) is 48.1 cm³/mol. The van der Waals surface area contributed by atoms with E-state index in [-0.39, 0.29) is 0 Å². The summed E-state index contributed by atoms with van der Waals surface area (Å²) in [5.74, 6) is 0.321. The Bertz CT molecular complexity index is 428.